The fraction of sp³-hybridized carbons (Fsp3) is 0.296. The van der Waals surface area contributed by atoms with E-state index in [1.165, 1.54) is 0 Å². The van der Waals surface area contributed by atoms with Crippen molar-refractivity contribution in [3.63, 3.8) is 0 Å². The standard InChI is InChI=1S/C27H30BN3O4S/c1-28(33)31-14-5-7-22(17-31)35-21-11-9-20(10-12-21)34-18-19-6-3-4-8-23(19)29-27(32)25-16-26-24(30(25)2)13-15-36-26/h3-4,6,8-13,15-16,22,33H,5,7,14,17-18H2,1-2H3,(H,29,32). The molecule has 0 spiro atoms. The highest BCUT2D eigenvalue weighted by molar-refractivity contribution is 7.17. The number of anilines is 1. The van der Waals surface area contributed by atoms with Crippen molar-refractivity contribution in [1.29, 1.82) is 0 Å². The van der Waals surface area contributed by atoms with Crippen LogP contribution in [0.5, 0.6) is 11.5 Å². The second-order valence-electron chi connectivity index (χ2n) is 9.14. The van der Waals surface area contributed by atoms with E-state index in [9.17, 15) is 9.82 Å². The van der Waals surface area contributed by atoms with Crippen molar-refractivity contribution in [1.82, 2.24) is 9.38 Å². The Bertz CT molecular complexity index is 1330. The summed E-state index contributed by atoms with van der Waals surface area (Å²) in [6.07, 6.45) is 2.05. The van der Waals surface area contributed by atoms with Crippen LogP contribution in [0.1, 0.15) is 28.9 Å². The molecule has 0 radical (unpaired) electrons. The molecular weight excluding hydrogens is 473 g/mol. The maximum atomic E-state index is 13.0. The van der Waals surface area contributed by atoms with Gasteiger partial charge in [0.25, 0.3) is 5.91 Å². The van der Waals surface area contributed by atoms with Gasteiger partial charge in [0.1, 0.15) is 29.9 Å². The molecule has 1 fully saturated rings. The Kier molecular flexibility index (Phi) is 7.32. The highest BCUT2D eigenvalue weighted by Gasteiger charge is 2.26. The minimum atomic E-state index is -0.454. The van der Waals surface area contributed by atoms with Crippen LogP contribution in [0.25, 0.3) is 10.2 Å². The SMILES string of the molecule is CB(O)N1CCCC(Oc2ccc(OCc3ccccc3NC(=O)c3cc4sccc4n3C)cc2)C1. The Morgan fingerprint density at radius 2 is 1.94 bits per heavy atom. The maximum absolute atomic E-state index is 13.0. The zero-order valence-corrected chi connectivity index (χ0v) is 21.3. The molecule has 4 aromatic rings. The lowest BCUT2D eigenvalue weighted by molar-refractivity contribution is 0.101. The summed E-state index contributed by atoms with van der Waals surface area (Å²) in [4.78, 5) is 15.0. The summed E-state index contributed by atoms with van der Waals surface area (Å²) in [5, 5.41) is 14.9. The summed E-state index contributed by atoms with van der Waals surface area (Å²) >= 11 is 1.62. The largest absolute Gasteiger partial charge is 0.489 e. The van der Waals surface area contributed by atoms with E-state index in [0.717, 1.165) is 58.9 Å². The molecule has 36 heavy (non-hydrogen) atoms. The van der Waals surface area contributed by atoms with E-state index < -0.39 is 7.05 Å². The number of fused-ring (bicyclic) bond motifs is 1. The van der Waals surface area contributed by atoms with E-state index in [-0.39, 0.29) is 12.0 Å². The molecule has 0 aliphatic carbocycles. The summed E-state index contributed by atoms with van der Waals surface area (Å²) in [5.74, 6) is 1.36. The average molecular weight is 503 g/mol. The van der Waals surface area contributed by atoms with E-state index in [1.54, 1.807) is 18.2 Å². The Hall–Kier alpha value is -3.27. The zero-order chi connectivity index (χ0) is 25.1. The molecule has 5 rings (SSSR count). The number of para-hydroxylation sites is 1. The molecule has 1 amide bonds. The zero-order valence-electron chi connectivity index (χ0n) is 20.5. The summed E-state index contributed by atoms with van der Waals surface area (Å²) < 4.78 is 15.2. The summed E-state index contributed by atoms with van der Waals surface area (Å²) in [5.41, 5.74) is 3.30. The number of aromatic nitrogens is 1. The molecule has 1 unspecified atom stereocenters. The van der Waals surface area contributed by atoms with E-state index in [2.05, 4.69) is 5.32 Å². The van der Waals surface area contributed by atoms with Crippen LogP contribution in [0.2, 0.25) is 6.82 Å². The first kappa shape index (κ1) is 24.4. The highest BCUT2D eigenvalue weighted by Crippen LogP contribution is 2.26. The number of carbonyl (C=O) groups is 1. The van der Waals surface area contributed by atoms with E-state index in [1.807, 2.05) is 82.5 Å². The van der Waals surface area contributed by atoms with Crippen LogP contribution in [0.4, 0.5) is 5.69 Å². The molecule has 0 saturated carbocycles. The van der Waals surface area contributed by atoms with Gasteiger partial charge < -0.3 is 29.2 Å². The molecule has 1 aliphatic heterocycles. The topological polar surface area (TPSA) is 76.0 Å². The van der Waals surface area contributed by atoms with Crippen molar-refractivity contribution in [3.05, 3.63) is 77.3 Å². The van der Waals surface area contributed by atoms with Gasteiger partial charge in [-0.05, 0) is 74.1 Å². The van der Waals surface area contributed by atoms with Crippen LogP contribution in [-0.2, 0) is 13.7 Å². The van der Waals surface area contributed by atoms with Crippen LogP contribution >= 0.6 is 11.3 Å². The minimum Gasteiger partial charge on any atom is -0.489 e. The first-order valence-electron chi connectivity index (χ1n) is 12.2. The van der Waals surface area contributed by atoms with Gasteiger partial charge in [0.2, 0.25) is 0 Å². The normalized spacial score (nSPS) is 16.1. The van der Waals surface area contributed by atoms with Crippen LogP contribution in [0, 0.1) is 0 Å². The number of hydrogen-bond acceptors (Lipinski definition) is 6. The average Bonchev–Trinajstić information content (AvgIpc) is 3.47. The number of piperidine rings is 1. The van der Waals surface area contributed by atoms with E-state index in [4.69, 9.17) is 9.47 Å². The van der Waals surface area contributed by atoms with E-state index in [0.29, 0.717) is 12.3 Å². The van der Waals surface area contributed by atoms with Crippen LogP contribution in [0.15, 0.2) is 66.0 Å². The Morgan fingerprint density at radius 3 is 2.72 bits per heavy atom. The van der Waals surface area contributed by atoms with Gasteiger partial charge in [0.05, 0.1) is 10.2 Å². The maximum Gasteiger partial charge on any atom is 0.376 e. The molecule has 2 aromatic carbocycles. The van der Waals surface area contributed by atoms with Gasteiger partial charge in [-0.1, -0.05) is 18.2 Å². The number of thiophene rings is 1. The molecular formula is C27H30BN3O4S. The second kappa shape index (κ2) is 10.8. The molecule has 9 heteroatoms. The number of aryl methyl sites for hydroxylation is 1. The highest BCUT2D eigenvalue weighted by atomic mass is 32.1. The van der Waals surface area contributed by atoms with Gasteiger partial charge in [-0.15, -0.1) is 11.3 Å². The number of amides is 1. The van der Waals surface area contributed by atoms with Crippen LogP contribution < -0.4 is 14.8 Å². The molecule has 0 bridgehead atoms. The third kappa shape index (κ3) is 5.43. The van der Waals surface area contributed by atoms with Gasteiger partial charge in [-0.2, -0.15) is 0 Å². The number of ether oxygens (including phenoxy) is 2. The fourth-order valence-corrected chi connectivity index (χ4v) is 5.44. The molecule has 1 atom stereocenters. The lowest BCUT2D eigenvalue weighted by atomic mass is 9.82. The number of nitrogens with zero attached hydrogens (tertiary/aromatic N) is 2. The fourth-order valence-electron chi connectivity index (χ4n) is 4.59. The monoisotopic (exact) mass is 503 g/mol. The van der Waals surface area contributed by atoms with Crippen molar-refractivity contribution >= 4 is 40.2 Å². The quantitative estimate of drug-likeness (QED) is 0.330. The second-order valence-corrected chi connectivity index (χ2v) is 10.1. The summed E-state index contributed by atoms with van der Waals surface area (Å²) in [6.45, 7) is 3.74. The van der Waals surface area contributed by atoms with Gasteiger partial charge in [0, 0.05) is 24.8 Å². The number of carbonyl (C=O) groups excluding carboxylic acids is 1. The lowest BCUT2D eigenvalue weighted by Gasteiger charge is -2.33. The van der Waals surface area contributed by atoms with Gasteiger partial charge in [0.15, 0.2) is 0 Å². The van der Waals surface area contributed by atoms with Crippen LogP contribution in [0.3, 0.4) is 0 Å². The van der Waals surface area contributed by atoms with Gasteiger partial charge >= 0.3 is 7.05 Å². The summed E-state index contributed by atoms with van der Waals surface area (Å²) in [6, 6.07) is 19.2. The van der Waals surface area contributed by atoms with E-state index >= 15 is 0 Å². The number of benzene rings is 2. The number of hydrogen-bond donors (Lipinski definition) is 2. The molecule has 1 saturated heterocycles. The Balaban J connectivity index is 1.19. The first-order valence-corrected chi connectivity index (χ1v) is 13.1. The number of rotatable bonds is 8. The third-order valence-electron chi connectivity index (χ3n) is 6.62. The molecule has 2 aromatic heterocycles. The molecule has 2 N–H and O–H groups in total. The van der Waals surface area contributed by atoms with Crippen molar-refractivity contribution < 1.29 is 19.3 Å². The molecule has 7 nitrogen and oxygen atoms in total. The minimum absolute atomic E-state index is 0.0654. The number of nitrogens with one attached hydrogen (secondary N) is 1. The first-order chi connectivity index (χ1) is 17.5. The summed E-state index contributed by atoms with van der Waals surface area (Å²) in [7, 11) is 1.45. The van der Waals surface area contributed by atoms with Gasteiger partial charge in [-0.25, -0.2) is 0 Å². The smallest absolute Gasteiger partial charge is 0.376 e. The van der Waals surface area contributed by atoms with Crippen molar-refractivity contribution in [2.45, 2.75) is 32.4 Å². The predicted octanol–water partition coefficient (Wildman–Crippen LogP) is 5.02. The molecule has 3 heterocycles. The Labute approximate surface area is 215 Å². The predicted molar refractivity (Wildman–Crippen MR) is 145 cm³/mol. The van der Waals surface area contributed by atoms with Crippen molar-refractivity contribution in [2.24, 2.45) is 7.05 Å². The van der Waals surface area contributed by atoms with Gasteiger partial charge in [-0.3, -0.25) is 4.79 Å². The van der Waals surface area contributed by atoms with Crippen LogP contribution in [-0.4, -0.2) is 46.6 Å². The molecule has 1 aliphatic rings. The third-order valence-corrected chi connectivity index (χ3v) is 7.47. The van der Waals surface area contributed by atoms with Crippen molar-refractivity contribution in [3.8, 4) is 11.5 Å². The Morgan fingerprint density at radius 1 is 1.17 bits per heavy atom. The van der Waals surface area contributed by atoms with Crippen molar-refractivity contribution in [2.75, 3.05) is 18.4 Å². The molecule has 186 valence electrons. The lowest BCUT2D eigenvalue weighted by Crippen LogP contribution is -2.47.